The van der Waals surface area contributed by atoms with Crippen LogP contribution in [0.2, 0.25) is 0 Å². The Labute approximate surface area is 187 Å². The second-order valence-electron chi connectivity index (χ2n) is 7.63. The Morgan fingerprint density at radius 1 is 1.06 bits per heavy atom. The molecule has 0 saturated heterocycles. The average Bonchev–Trinajstić information content (AvgIpc) is 2.97. The van der Waals surface area contributed by atoms with Gasteiger partial charge in [0, 0.05) is 19.2 Å². The minimum atomic E-state index is -4.10. The molecule has 1 amide bonds. The van der Waals surface area contributed by atoms with Gasteiger partial charge in [-0.1, -0.05) is 37.6 Å². The predicted octanol–water partition coefficient (Wildman–Crippen LogP) is 3.12. The number of benzene rings is 2. The molecule has 3 rings (SSSR count). The van der Waals surface area contributed by atoms with E-state index in [0.717, 1.165) is 12.8 Å². The summed E-state index contributed by atoms with van der Waals surface area (Å²) in [5.74, 6) is -0.324. The highest BCUT2D eigenvalue weighted by Gasteiger charge is 2.23. The lowest BCUT2D eigenvalue weighted by atomic mass is 10.1. The Kier molecular flexibility index (Phi) is 6.88. The first-order chi connectivity index (χ1) is 15.2. The van der Waals surface area contributed by atoms with Crippen LogP contribution in [0.3, 0.4) is 0 Å². The van der Waals surface area contributed by atoms with Gasteiger partial charge < -0.3 is 5.32 Å². The quantitative estimate of drug-likeness (QED) is 0.509. The molecule has 0 aliphatic heterocycles. The van der Waals surface area contributed by atoms with Crippen molar-refractivity contribution in [3.05, 3.63) is 75.7 Å². The SMILES string of the molecule is CCCCNC(=O)c1cc(S(=O)(=O)Nc2c(C)n(C)n(-c3ccccc3)c2=O)ccc1C. The number of aromatic nitrogens is 2. The molecular weight excluding hydrogens is 428 g/mol. The predicted molar refractivity (Wildman–Crippen MR) is 125 cm³/mol. The number of nitrogens with zero attached hydrogens (tertiary/aromatic N) is 2. The third-order valence-corrected chi connectivity index (χ3v) is 6.72. The van der Waals surface area contributed by atoms with Gasteiger partial charge in [-0.05, 0) is 50.1 Å². The van der Waals surface area contributed by atoms with Crippen molar-refractivity contribution in [2.75, 3.05) is 11.3 Å². The maximum Gasteiger partial charge on any atom is 0.296 e. The first-order valence-electron chi connectivity index (χ1n) is 10.4. The van der Waals surface area contributed by atoms with E-state index in [2.05, 4.69) is 10.0 Å². The van der Waals surface area contributed by atoms with Crippen LogP contribution in [-0.4, -0.2) is 30.2 Å². The summed E-state index contributed by atoms with van der Waals surface area (Å²) in [5, 5.41) is 2.81. The van der Waals surface area contributed by atoms with Gasteiger partial charge in [-0.25, -0.2) is 13.1 Å². The van der Waals surface area contributed by atoms with Gasteiger partial charge in [-0.2, -0.15) is 0 Å². The third-order valence-electron chi connectivity index (χ3n) is 5.37. The molecule has 0 aliphatic rings. The Bertz CT molecular complexity index is 1290. The fraction of sp³-hybridized carbons (Fsp3) is 0.304. The molecule has 0 aliphatic carbocycles. The first kappa shape index (κ1) is 23.3. The molecule has 0 bridgehead atoms. The number of nitrogens with one attached hydrogen (secondary N) is 2. The Hall–Kier alpha value is -3.33. The van der Waals surface area contributed by atoms with Crippen molar-refractivity contribution in [3.63, 3.8) is 0 Å². The van der Waals surface area contributed by atoms with Crippen LogP contribution in [0.4, 0.5) is 5.69 Å². The molecule has 8 nitrogen and oxygen atoms in total. The van der Waals surface area contributed by atoms with Crippen LogP contribution in [0.15, 0.2) is 58.2 Å². The molecule has 0 radical (unpaired) electrons. The van der Waals surface area contributed by atoms with Gasteiger partial charge in [-0.15, -0.1) is 0 Å². The molecule has 2 aromatic carbocycles. The summed E-state index contributed by atoms with van der Waals surface area (Å²) >= 11 is 0. The van der Waals surface area contributed by atoms with Crippen molar-refractivity contribution in [3.8, 4) is 5.69 Å². The second-order valence-corrected chi connectivity index (χ2v) is 9.31. The van der Waals surface area contributed by atoms with Crippen molar-refractivity contribution < 1.29 is 13.2 Å². The lowest BCUT2D eigenvalue weighted by molar-refractivity contribution is 0.0952. The van der Waals surface area contributed by atoms with Gasteiger partial charge in [0.2, 0.25) is 0 Å². The van der Waals surface area contributed by atoms with Crippen LogP contribution in [0, 0.1) is 13.8 Å². The molecule has 1 heterocycles. The van der Waals surface area contributed by atoms with Crippen LogP contribution in [0.25, 0.3) is 5.69 Å². The van der Waals surface area contributed by atoms with Gasteiger partial charge in [0.15, 0.2) is 0 Å². The number of unbranched alkanes of at least 4 members (excludes halogenated alkanes) is 1. The van der Waals surface area contributed by atoms with Crippen LogP contribution in [0.5, 0.6) is 0 Å². The maximum atomic E-state index is 13.1. The number of sulfonamides is 1. The van der Waals surface area contributed by atoms with Crippen LogP contribution >= 0.6 is 0 Å². The summed E-state index contributed by atoms with van der Waals surface area (Å²) < 4.78 is 31.6. The van der Waals surface area contributed by atoms with Gasteiger partial charge in [0.05, 0.1) is 16.3 Å². The molecule has 0 fully saturated rings. The van der Waals surface area contributed by atoms with Crippen LogP contribution in [-0.2, 0) is 17.1 Å². The number of hydrogen-bond donors (Lipinski definition) is 2. The fourth-order valence-corrected chi connectivity index (χ4v) is 4.51. The first-order valence-corrected chi connectivity index (χ1v) is 11.9. The number of hydrogen-bond acceptors (Lipinski definition) is 4. The molecule has 3 aromatic rings. The molecule has 32 heavy (non-hydrogen) atoms. The maximum absolute atomic E-state index is 13.1. The van der Waals surface area contributed by atoms with E-state index in [1.54, 1.807) is 55.9 Å². The molecule has 170 valence electrons. The second kappa shape index (κ2) is 9.44. The van der Waals surface area contributed by atoms with Crippen LogP contribution in [0.1, 0.15) is 41.4 Å². The highest BCUT2D eigenvalue weighted by molar-refractivity contribution is 7.92. The van der Waals surface area contributed by atoms with E-state index in [-0.39, 0.29) is 22.1 Å². The summed E-state index contributed by atoms with van der Waals surface area (Å²) in [5.41, 5.74) is 1.52. The largest absolute Gasteiger partial charge is 0.352 e. The highest BCUT2D eigenvalue weighted by Crippen LogP contribution is 2.21. The van der Waals surface area contributed by atoms with Crippen molar-refractivity contribution in [2.45, 2.75) is 38.5 Å². The topological polar surface area (TPSA) is 102 Å². The zero-order chi connectivity index (χ0) is 23.5. The van der Waals surface area contributed by atoms with E-state index in [1.807, 2.05) is 13.0 Å². The highest BCUT2D eigenvalue weighted by atomic mass is 32.2. The van der Waals surface area contributed by atoms with E-state index in [9.17, 15) is 18.0 Å². The number of carbonyl (C=O) groups is 1. The number of amides is 1. The van der Waals surface area contributed by atoms with Crippen molar-refractivity contribution >= 4 is 21.6 Å². The monoisotopic (exact) mass is 456 g/mol. The fourth-order valence-electron chi connectivity index (χ4n) is 3.37. The third kappa shape index (κ3) is 4.62. The molecule has 0 unspecified atom stereocenters. The minimum Gasteiger partial charge on any atom is -0.352 e. The van der Waals surface area contributed by atoms with Crippen LogP contribution < -0.4 is 15.6 Å². The summed E-state index contributed by atoms with van der Waals surface area (Å²) in [4.78, 5) is 25.5. The summed E-state index contributed by atoms with van der Waals surface area (Å²) in [6, 6.07) is 13.3. The van der Waals surface area contributed by atoms with Gasteiger partial charge in [0.25, 0.3) is 21.5 Å². The lowest BCUT2D eigenvalue weighted by Gasteiger charge is -2.11. The normalized spacial score (nSPS) is 11.4. The molecule has 0 atom stereocenters. The van der Waals surface area contributed by atoms with Gasteiger partial charge >= 0.3 is 0 Å². The Balaban J connectivity index is 1.96. The minimum absolute atomic E-state index is 0.0362. The van der Waals surface area contributed by atoms with E-state index in [4.69, 9.17) is 0 Å². The zero-order valence-corrected chi connectivity index (χ0v) is 19.5. The molecule has 0 saturated carbocycles. The molecule has 9 heteroatoms. The van der Waals surface area contributed by atoms with Gasteiger partial charge in [0.1, 0.15) is 5.69 Å². The Morgan fingerprint density at radius 2 is 1.75 bits per heavy atom. The summed E-state index contributed by atoms with van der Waals surface area (Å²) in [7, 11) is -2.41. The van der Waals surface area contributed by atoms with E-state index in [0.29, 0.717) is 23.5 Å². The average molecular weight is 457 g/mol. The van der Waals surface area contributed by atoms with Gasteiger partial charge in [-0.3, -0.25) is 19.0 Å². The van der Waals surface area contributed by atoms with Crippen molar-refractivity contribution in [1.29, 1.82) is 0 Å². The number of para-hydroxylation sites is 1. The number of aryl methyl sites for hydroxylation is 1. The summed E-state index contributed by atoms with van der Waals surface area (Å²) in [6.07, 6.45) is 1.78. The number of anilines is 1. The summed E-state index contributed by atoms with van der Waals surface area (Å²) in [6.45, 7) is 5.96. The van der Waals surface area contributed by atoms with E-state index < -0.39 is 15.6 Å². The van der Waals surface area contributed by atoms with E-state index in [1.165, 1.54) is 16.8 Å². The molecule has 0 spiro atoms. The zero-order valence-electron chi connectivity index (χ0n) is 18.7. The molecule has 2 N–H and O–H groups in total. The lowest BCUT2D eigenvalue weighted by Crippen LogP contribution is -2.26. The number of carbonyl (C=O) groups excluding carboxylic acids is 1. The molecular formula is C23H28N4O4S. The van der Waals surface area contributed by atoms with Crippen molar-refractivity contribution in [1.82, 2.24) is 14.7 Å². The van der Waals surface area contributed by atoms with E-state index >= 15 is 0 Å². The molecule has 1 aromatic heterocycles. The number of rotatable bonds is 8. The van der Waals surface area contributed by atoms with Crippen molar-refractivity contribution in [2.24, 2.45) is 7.05 Å². The smallest absolute Gasteiger partial charge is 0.296 e. The Morgan fingerprint density at radius 3 is 2.41 bits per heavy atom. The standard InChI is InChI=1S/C23H28N4O4S/c1-5-6-14-24-22(28)20-15-19(13-12-16(20)2)32(30,31)25-21-17(3)26(4)27(23(21)29)18-10-8-7-9-11-18/h7-13,15,25H,5-6,14H2,1-4H3,(H,24,28).